The predicted octanol–water partition coefficient (Wildman–Crippen LogP) is 2.65. The molecule has 0 radical (unpaired) electrons. The van der Waals surface area contributed by atoms with Crippen molar-refractivity contribution in [2.24, 2.45) is 0 Å². The van der Waals surface area contributed by atoms with E-state index >= 15 is 0 Å². The Hall–Kier alpha value is -2.18. The van der Waals surface area contributed by atoms with Gasteiger partial charge in [-0.15, -0.1) is 16.4 Å². The van der Waals surface area contributed by atoms with Crippen LogP contribution in [-0.4, -0.2) is 29.2 Å². The molecule has 0 aliphatic rings. The van der Waals surface area contributed by atoms with Crippen molar-refractivity contribution < 1.29 is 4.74 Å². The van der Waals surface area contributed by atoms with E-state index in [1.165, 1.54) is 0 Å². The second-order valence-corrected chi connectivity index (χ2v) is 5.43. The Morgan fingerprint density at radius 2 is 2.05 bits per heavy atom. The molecule has 5 nitrogen and oxygen atoms in total. The highest BCUT2D eigenvalue weighted by molar-refractivity contribution is 7.10. The average molecular weight is 300 g/mol. The summed E-state index contributed by atoms with van der Waals surface area (Å²) >= 11 is 1.65. The summed E-state index contributed by atoms with van der Waals surface area (Å²) in [7, 11) is 3.61. The highest BCUT2D eigenvalue weighted by Gasteiger charge is 2.22. The summed E-state index contributed by atoms with van der Waals surface area (Å²) in [5.41, 5.74) is 1.96. The fraction of sp³-hybridized carbons (Fsp3) is 0.200. The van der Waals surface area contributed by atoms with Gasteiger partial charge in [0.15, 0.2) is 0 Å². The van der Waals surface area contributed by atoms with Gasteiger partial charge < -0.3 is 10.1 Å². The van der Waals surface area contributed by atoms with Gasteiger partial charge >= 0.3 is 0 Å². The Labute approximate surface area is 127 Å². The lowest BCUT2D eigenvalue weighted by Crippen LogP contribution is -2.20. The van der Waals surface area contributed by atoms with Crippen LogP contribution in [0.4, 0.5) is 0 Å². The van der Waals surface area contributed by atoms with Crippen LogP contribution in [-0.2, 0) is 0 Å². The largest absolute Gasteiger partial charge is 0.496 e. The van der Waals surface area contributed by atoms with Crippen molar-refractivity contribution in [1.29, 1.82) is 0 Å². The summed E-state index contributed by atoms with van der Waals surface area (Å²) in [6.07, 6.45) is 1.79. The van der Waals surface area contributed by atoms with Crippen molar-refractivity contribution in [1.82, 2.24) is 20.3 Å². The first kappa shape index (κ1) is 13.8. The van der Waals surface area contributed by atoms with Crippen molar-refractivity contribution in [3.63, 3.8) is 0 Å². The lowest BCUT2D eigenvalue weighted by Gasteiger charge is -2.17. The lowest BCUT2D eigenvalue weighted by molar-refractivity contribution is 0.408. The molecule has 0 saturated carbocycles. The van der Waals surface area contributed by atoms with Crippen LogP contribution in [0.3, 0.4) is 0 Å². The van der Waals surface area contributed by atoms with Gasteiger partial charge in [0.25, 0.3) is 0 Å². The fourth-order valence-corrected chi connectivity index (χ4v) is 3.29. The third-order valence-electron chi connectivity index (χ3n) is 3.30. The monoisotopic (exact) mass is 300 g/mol. The molecule has 3 aromatic rings. The standard InChI is InChI=1S/C15H16N4OS/c1-16-14(15-13(20-2)8-9-21-15)12-10-17-18-19(12)11-6-4-3-5-7-11/h3-10,14,16H,1-2H3. The molecule has 0 saturated heterocycles. The molecule has 0 bridgehead atoms. The van der Waals surface area contributed by atoms with Crippen LogP contribution in [0, 0.1) is 0 Å². The molecule has 1 atom stereocenters. The smallest absolute Gasteiger partial charge is 0.134 e. The number of thiophene rings is 1. The van der Waals surface area contributed by atoms with E-state index in [1.54, 1.807) is 24.6 Å². The molecule has 3 rings (SSSR count). The third-order valence-corrected chi connectivity index (χ3v) is 4.26. The summed E-state index contributed by atoms with van der Waals surface area (Å²) in [4.78, 5) is 1.11. The van der Waals surface area contributed by atoms with Crippen molar-refractivity contribution in [3.05, 3.63) is 58.5 Å². The summed E-state index contributed by atoms with van der Waals surface area (Å²) in [6, 6.07) is 11.9. The van der Waals surface area contributed by atoms with Gasteiger partial charge in [0.05, 0.1) is 35.6 Å². The van der Waals surface area contributed by atoms with Crippen LogP contribution in [0.25, 0.3) is 5.69 Å². The maximum atomic E-state index is 5.43. The Balaban J connectivity index is 2.05. The van der Waals surface area contributed by atoms with Gasteiger partial charge in [0.1, 0.15) is 5.75 Å². The molecular formula is C15H16N4OS. The van der Waals surface area contributed by atoms with Crippen LogP contribution in [0.15, 0.2) is 48.0 Å². The van der Waals surface area contributed by atoms with Gasteiger partial charge in [-0.25, -0.2) is 4.68 Å². The molecule has 0 spiro atoms. The van der Waals surface area contributed by atoms with Crippen LogP contribution < -0.4 is 10.1 Å². The van der Waals surface area contributed by atoms with E-state index in [2.05, 4.69) is 15.6 Å². The summed E-state index contributed by atoms with van der Waals surface area (Å²) in [5.74, 6) is 0.875. The molecule has 6 heteroatoms. The second kappa shape index (κ2) is 6.07. The minimum absolute atomic E-state index is 0.0184. The van der Waals surface area contributed by atoms with E-state index in [-0.39, 0.29) is 6.04 Å². The quantitative estimate of drug-likeness (QED) is 0.787. The van der Waals surface area contributed by atoms with Crippen molar-refractivity contribution in [3.8, 4) is 11.4 Å². The van der Waals surface area contributed by atoms with Crippen molar-refractivity contribution in [2.75, 3.05) is 14.2 Å². The fourth-order valence-electron chi connectivity index (χ4n) is 2.31. The van der Waals surface area contributed by atoms with Crippen LogP contribution >= 0.6 is 11.3 Å². The normalized spacial score (nSPS) is 12.3. The SMILES string of the molecule is CNC(c1sccc1OC)c1cnnn1-c1ccccc1. The molecule has 1 N–H and O–H groups in total. The number of nitrogens with zero attached hydrogens (tertiary/aromatic N) is 3. The topological polar surface area (TPSA) is 52.0 Å². The Morgan fingerprint density at radius 1 is 1.24 bits per heavy atom. The highest BCUT2D eigenvalue weighted by Crippen LogP contribution is 2.34. The number of rotatable bonds is 5. The molecule has 0 aliphatic heterocycles. The Morgan fingerprint density at radius 3 is 2.76 bits per heavy atom. The molecule has 0 aliphatic carbocycles. The first-order valence-electron chi connectivity index (χ1n) is 6.60. The van der Waals surface area contributed by atoms with E-state index in [4.69, 9.17) is 4.74 Å². The van der Waals surface area contributed by atoms with Crippen LogP contribution in [0.5, 0.6) is 5.75 Å². The lowest BCUT2D eigenvalue weighted by atomic mass is 10.1. The average Bonchev–Trinajstić information content (AvgIpc) is 3.18. The number of para-hydroxylation sites is 1. The highest BCUT2D eigenvalue weighted by atomic mass is 32.1. The number of aromatic nitrogens is 3. The molecule has 108 valence electrons. The zero-order chi connectivity index (χ0) is 14.7. The number of methoxy groups -OCH3 is 1. The second-order valence-electron chi connectivity index (χ2n) is 4.48. The van der Waals surface area contributed by atoms with Gasteiger partial charge in [-0.2, -0.15) is 0 Å². The summed E-state index contributed by atoms with van der Waals surface area (Å²) < 4.78 is 7.28. The summed E-state index contributed by atoms with van der Waals surface area (Å²) in [6.45, 7) is 0. The number of nitrogens with one attached hydrogen (secondary N) is 1. The third kappa shape index (κ3) is 2.55. The minimum atomic E-state index is -0.0184. The van der Waals surface area contributed by atoms with Gasteiger partial charge in [0.2, 0.25) is 0 Å². The zero-order valence-electron chi connectivity index (χ0n) is 11.9. The maximum Gasteiger partial charge on any atom is 0.134 e. The van der Waals surface area contributed by atoms with E-state index in [0.29, 0.717) is 0 Å². The zero-order valence-corrected chi connectivity index (χ0v) is 12.7. The molecule has 2 heterocycles. The number of benzene rings is 1. The Kier molecular flexibility index (Phi) is 3.98. The maximum absolute atomic E-state index is 5.43. The van der Waals surface area contributed by atoms with Crippen LogP contribution in [0.2, 0.25) is 0 Å². The number of hydrogen-bond donors (Lipinski definition) is 1. The van der Waals surface area contributed by atoms with Gasteiger partial charge in [0, 0.05) is 0 Å². The molecule has 0 amide bonds. The van der Waals surface area contributed by atoms with E-state index < -0.39 is 0 Å². The molecule has 1 unspecified atom stereocenters. The minimum Gasteiger partial charge on any atom is -0.496 e. The van der Waals surface area contributed by atoms with Gasteiger partial charge in [-0.3, -0.25) is 0 Å². The Bertz CT molecular complexity index is 707. The summed E-state index contributed by atoms with van der Waals surface area (Å²) in [5, 5.41) is 13.6. The van der Waals surface area contributed by atoms with Crippen molar-refractivity contribution >= 4 is 11.3 Å². The number of hydrogen-bond acceptors (Lipinski definition) is 5. The van der Waals surface area contributed by atoms with E-state index in [9.17, 15) is 0 Å². The first-order chi connectivity index (χ1) is 10.3. The molecule has 2 aromatic heterocycles. The molecule has 21 heavy (non-hydrogen) atoms. The first-order valence-corrected chi connectivity index (χ1v) is 7.47. The van der Waals surface area contributed by atoms with E-state index in [0.717, 1.165) is 22.0 Å². The number of ether oxygens (including phenoxy) is 1. The van der Waals surface area contributed by atoms with Crippen LogP contribution in [0.1, 0.15) is 16.6 Å². The van der Waals surface area contributed by atoms with Gasteiger partial charge in [-0.05, 0) is 30.6 Å². The van der Waals surface area contributed by atoms with Gasteiger partial charge in [-0.1, -0.05) is 23.4 Å². The molecular weight excluding hydrogens is 284 g/mol. The van der Waals surface area contributed by atoms with E-state index in [1.807, 2.05) is 53.5 Å². The predicted molar refractivity (Wildman–Crippen MR) is 83.1 cm³/mol. The molecule has 1 aromatic carbocycles. The molecule has 0 fully saturated rings. The van der Waals surface area contributed by atoms with Crippen molar-refractivity contribution in [2.45, 2.75) is 6.04 Å².